The second-order valence-corrected chi connectivity index (χ2v) is 6.25. The molecule has 0 amide bonds. The summed E-state index contributed by atoms with van der Waals surface area (Å²) < 4.78 is 5.26. The molecule has 3 nitrogen and oxygen atoms in total. The Kier molecular flexibility index (Phi) is 4.27. The molecule has 0 radical (unpaired) electrons. The Morgan fingerprint density at radius 3 is 3.00 bits per heavy atom. The van der Waals surface area contributed by atoms with Crippen molar-refractivity contribution >= 4 is 5.69 Å². The number of piperidine rings is 1. The van der Waals surface area contributed by atoms with Crippen LogP contribution >= 0.6 is 0 Å². The van der Waals surface area contributed by atoms with Gasteiger partial charge in [-0.05, 0) is 44.0 Å². The lowest BCUT2D eigenvalue weighted by molar-refractivity contribution is 0.115. The van der Waals surface area contributed by atoms with Crippen LogP contribution in [0.4, 0.5) is 5.69 Å². The molecule has 3 rings (SSSR count). The van der Waals surface area contributed by atoms with E-state index in [-0.39, 0.29) is 0 Å². The Morgan fingerprint density at radius 2 is 2.15 bits per heavy atom. The number of anilines is 1. The van der Waals surface area contributed by atoms with E-state index in [9.17, 15) is 0 Å². The molecule has 2 atom stereocenters. The molecule has 1 aromatic carbocycles. The largest absolute Gasteiger partial charge is 0.380 e. The first-order valence-electron chi connectivity index (χ1n) is 7.86. The molecule has 20 heavy (non-hydrogen) atoms. The van der Waals surface area contributed by atoms with E-state index in [4.69, 9.17) is 4.74 Å². The number of hydrogen-bond donors (Lipinski definition) is 0. The van der Waals surface area contributed by atoms with E-state index in [1.807, 2.05) is 0 Å². The number of fused-ring (bicyclic) bond motifs is 1. The molecule has 0 N–H and O–H groups in total. The summed E-state index contributed by atoms with van der Waals surface area (Å²) in [5.74, 6) is 0. The smallest absolute Gasteiger partial charge is 0.0713 e. The summed E-state index contributed by atoms with van der Waals surface area (Å²) >= 11 is 0. The summed E-state index contributed by atoms with van der Waals surface area (Å²) in [7, 11) is 1.76. The van der Waals surface area contributed by atoms with E-state index < -0.39 is 0 Å². The Bertz CT molecular complexity index is 448. The monoisotopic (exact) mass is 274 g/mol. The topological polar surface area (TPSA) is 15.7 Å². The van der Waals surface area contributed by atoms with Crippen molar-refractivity contribution < 1.29 is 4.74 Å². The normalized spacial score (nSPS) is 27.4. The standard InChI is InChI=1S/C17H26N2O/c1-14-11-18-9-4-3-7-17(18)12-19(14)16-8-5-6-15(10-16)13-20-2/h5-6,8,10,14,17H,3-4,7,9,11-13H2,1-2H3. The molecule has 3 heteroatoms. The van der Waals surface area contributed by atoms with Crippen molar-refractivity contribution in [3.05, 3.63) is 29.8 Å². The quantitative estimate of drug-likeness (QED) is 0.843. The van der Waals surface area contributed by atoms with Crippen LogP contribution in [-0.4, -0.2) is 43.7 Å². The third kappa shape index (κ3) is 2.84. The van der Waals surface area contributed by atoms with Gasteiger partial charge in [0.2, 0.25) is 0 Å². The van der Waals surface area contributed by atoms with Gasteiger partial charge in [-0.25, -0.2) is 0 Å². The van der Waals surface area contributed by atoms with Gasteiger partial charge in [0.15, 0.2) is 0 Å². The van der Waals surface area contributed by atoms with Crippen molar-refractivity contribution in [2.45, 2.75) is 44.9 Å². The maximum atomic E-state index is 5.26. The Hall–Kier alpha value is -1.06. The van der Waals surface area contributed by atoms with Crippen LogP contribution in [0.3, 0.4) is 0 Å². The third-order valence-corrected chi connectivity index (χ3v) is 4.74. The van der Waals surface area contributed by atoms with Gasteiger partial charge in [0, 0.05) is 38.0 Å². The van der Waals surface area contributed by atoms with Crippen LogP contribution in [0.25, 0.3) is 0 Å². The van der Waals surface area contributed by atoms with Gasteiger partial charge in [-0.3, -0.25) is 4.90 Å². The molecular weight excluding hydrogens is 248 g/mol. The van der Waals surface area contributed by atoms with Crippen LogP contribution < -0.4 is 4.90 Å². The highest BCUT2D eigenvalue weighted by atomic mass is 16.5. The van der Waals surface area contributed by atoms with Gasteiger partial charge < -0.3 is 9.64 Å². The number of rotatable bonds is 3. The van der Waals surface area contributed by atoms with Gasteiger partial charge in [0.1, 0.15) is 0 Å². The maximum Gasteiger partial charge on any atom is 0.0713 e. The molecule has 110 valence electrons. The lowest BCUT2D eigenvalue weighted by Gasteiger charge is -2.48. The summed E-state index contributed by atoms with van der Waals surface area (Å²) in [4.78, 5) is 5.29. The van der Waals surface area contributed by atoms with Crippen LogP contribution in [0, 0.1) is 0 Å². The van der Waals surface area contributed by atoms with Crippen LogP contribution in [0.15, 0.2) is 24.3 Å². The molecule has 0 aromatic heterocycles. The Labute approximate surface area is 122 Å². The van der Waals surface area contributed by atoms with Crippen LogP contribution in [-0.2, 0) is 11.3 Å². The van der Waals surface area contributed by atoms with Crippen LogP contribution in [0.2, 0.25) is 0 Å². The zero-order valence-corrected chi connectivity index (χ0v) is 12.7. The molecule has 1 aromatic rings. The van der Waals surface area contributed by atoms with Gasteiger partial charge in [-0.15, -0.1) is 0 Å². The molecule has 0 bridgehead atoms. The molecule has 2 unspecified atom stereocenters. The highest BCUT2D eigenvalue weighted by Gasteiger charge is 2.32. The molecular formula is C17H26N2O. The molecule has 2 fully saturated rings. The Balaban J connectivity index is 1.76. The molecule has 0 spiro atoms. The minimum Gasteiger partial charge on any atom is -0.380 e. The predicted molar refractivity (Wildman–Crippen MR) is 83.2 cm³/mol. The van der Waals surface area contributed by atoms with E-state index in [1.165, 1.54) is 50.1 Å². The summed E-state index contributed by atoms with van der Waals surface area (Å²) in [5, 5.41) is 0. The van der Waals surface area contributed by atoms with Gasteiger partial charge in [-0.1, -0.05) is 18.6 Å². The van der Waals surface area contributed by atoms with E-state index in [0.717, 1.165) is 6.04 Å². The number of piperazine rings is 1. The first-order valence-corrected chi connectivity index (χ1v) is 7.86. The van der Waals surface area contributed by atoms with E-state index in [0.29, 0.717) is 12.6 Å². The van der Waals surface area contributed by atoms with Gasteiger partial charge in [0.25, 0.3) is 0 Å². The van der Waals surface area contributed by atoms with E-state index >= 15 is 0 Å². The van der Waals surface area contributed by atoms with Crippen LogP contribution in [0.1, 0.15) is 31.7 Å². The van der Waals surface area contributed by atoms with Gasteiger partial charge in [0.05, 0.1) is 6.61 Å². The number of benzene rings is 1. The summed E-state index contributed by atoms with van der Waals surface area (Å²) in [6.07, 6.45) is 4.14. The van der Waals surface area contributed by atoms with Gasteiger partial charge in [-0.2, -0.15) is 0 Å². The third-order valence-electron chi connectivity index (χ3n) is 4.74. The zero-order chi connectivity index (χ0) is 13.9. The minimum atomic E-state index is 0.599. The molecule has 2 saturated heterocycles. The number of methoxy groups -OCH3 is 1. The lowest BCUT2D eigenvalue weighted by atomic mass is 9.96. The lowest BCUT2D eigenvalue weighted by Crippen LogP contribution is -2.58. The van der Waals surface area contributed by atoms with Crippen molar-refractivity contribution in [1.82, 2.24) is 4.90 Å². The molecule has 2 heterocycles. The van der Waals surface area contributed by atoms with E-state index in [1.54, 1.807) is 7.11 Å². The molecule has 2 aliphatic rings. The molecule has 0 aliphatic carbocycles. The SMILES string of the molecule is COCc1cccc(N2CC3CCCCN3CC2C)c1. The maximum absolute atomic E-state index is 5.26. The number of ether oxygens (including phenoxy) is 1. The zero-order valence-electron chi connectivity index (χ0n) is 12.7. The predicted octanol–water partition coefficient (Wildman–Crippen LogP) is 2.90. The summed E-state index contributed by atoms with van der Waals surface area (Å²) in [5.41, 5.74) is 2.63. The van der Waals surface area contributed by atoms with Crippen molar-refractivity contribution in [3.8, 4) is 0 Å². The van der Waals surface area contributed by atoms with Crippen molar-refractivity contribution in [3.63, 3.8) is 0 Å². The molecule has 0 saturated carbocycles. The van der Waals surface area contributed by atoms with Crippen molar-refractivity contribution in [2.75, 3.05) is 31.6 Å². The Morgan fingerprint density at radius 1 is 1.25 bits per heavy atom. The van der Waals surface area contributed by atoms with Crippen molar-refractivity contribution in [1.29, 1.82) is 0 Å². The second kappa shape index (κ2) is 6.15. The average molecular weight is 274 g/mol. The summed E-state index contributed by atoms with van der Waals surface area (Å²) in [6.45, 7) is 6.74. The first-order chi connectivity index (χ1) is 9.78. The highest BCUT2D eigenvalue weighted by molar-refractivity contribution is 5.50. The van der Waals surface area contributed by atoms with Crippen LogP contribution in [0.5, 0.6) is 0 Å². The number of nitrogens with zero attached hydrogens (tertiary/aromatic N) is 2. The van der Waals surface area contributed by atoms with Gasteiger partial charge >= 0.3 is 0 Å². The summed E-state index contributed by atoms with van der Waals surface area (Å²) in [6, 6.07) is 10.2. The van der Waals surface area contributed by atoms with Crippen molar-refractivity contribution in [2.24, 2.45) is 0 Å². The average Bonchev–Trinajstić information content (AvgIpc) is 2.47. The minimum absolute atomic E-state index is 0.599. The number of hydrogen-bond acceptors (Lipinski definition) is 3. The second-order valence-electron chi connectivity index (χ2n) is 6.25. The first kappa shape index (κ1) is 13.9. The fourth-order valence-electron chi connectivity index (χ4n) is 3.70. The fourth-order valence-corrected chi connectivity index (χ4v) is 3.70. The van der Waals surface area contributed by atoms with E-state index in [2.05, 4.69) is 41.0 Å². The highest BCUT2D eigenvalue weighted by Crippen LogP contribution is 2.28. The fraction of sp³-hybridized carbons (Fsp3) is 0.647. The molecule has 2 aliphatic heterocycles.